The van der Waals surface area contributed by atoms with Gasteiger partial charge in [0.25, 0.3) is 5.91 Å². The number of amides is 1. The number of carbonyl (C=O) groups excluding carboxylic acids is 2. The molecule has 0 radical (unpaired) electrons. The van der Waals surface area contributed by atoms with Gasteiger partial charge in [0, 0.05) is 11.3 Å². The van der Waals surface area contributed by atoms with Crippen molar-refractivity contribution in [2.24, 2.45) is 0 Å². The summed E-state index contributed by atoms with van der Waals surface area (Å²) in [4.78, 5) is 24.6. The Hall–Kier alpha value is -3.65. The second-order valence-electron chi connectivity index (χ2n) is 7.23. The van der Waals surface area contributed by atoms with E-state index in [9.17, 15) is 18.0 Å². The lowest BCUT2D eigenvalue weighted by molar-refractivity contribution is 0.0599. The van der Waals surface area contributed by atoms with Crippen LogP contribution in [0.15, 0.2) is 72.8 Å². The Bertz CT molecular complexity index is 1220. The number of sulfonamides is 1. The number of hydrogen-bond donors (Lipinski definition) is 1. The van der Waals surface area contributed by atoms with Crippen molar-refractivity contribution in [3.63, 3.8) is 0 Å². The Morgan fingerprint density at radius 3 is 2.19 bits per heavy atom. The minimum atomic E-state index is -3.49. The van der Waals surface area contributed by atoms with Crippen molar-refractivity contribution in [1.82, 2.24) is 0 Å². The molecule has 3 rings (SSSR count). The first kappa shape index (κ1) is 23.0. The standard InChI is InChI=1S/C24H24N2O5S/c1-17-21(24(28)31-2)10-7-11-22(17)25-23(27)19-14-12-18(13-15-19)16-26(32(3,29)30)20-8-5-4-6-9-20/h4-15H,16H2,1-3H3,(H,25,27). The first-order valence-corrected chi connectivity index (χ1v) is 11.7. The van der Waals surface area contributed by atoms with E-state index in [0.717, 1.165) is 11.8 Å². The van der Waals surface area contributed by atoms with Crippen molar-refractivity contribution >= 4 is 33.3 Å². The molecule has 0 aliphatic carbocycles. The summed E-state index contributed by atoms with van der Waals surface area (Å²) in [6, 6.07) is 20.5. The van der Waals surface area contributed by atoms with E-state index in [1.165, 1.54) is 11.4 Å². The monoisotopic (exact) mass is 452 g/mol. The van der Waals surface area contributed by atoms with Crippen LogP contribution < -0.4 is 9.62 Å². The van der Waals surface area contributed by atoms with Crippen LogP contribution in [0.3, 0.4) is 0 Å². The van der Waals surface area contributed by atoms with Crippen LogP contribution in [0.4, 0.5) is 11.4 Å². The Morgan fingerprint density at radius 2 is 1.59 bits per heavy atom. The van der Waals surface area contributed by atoms with E-state index in [-0.39, 0.29) is 12.5 Å². The van der Waals surface area contributed by atoms with Crippen LogP contribution in [-0.4, -0.2) is 33.7 Å². The molecular formula is C24H24N2O5S. The van der Waals surface area contributed by atoms with Crippen molar-refractivity contribution < 1.29 is 22.7 Å². The highest BCUT2D eigenvalue weighted by atomic mass is 32.2. The molecule has 0 aliphatic rings. The SMILES string of the molecule is COC(=O)c1cccc(NC(=O)c2ccc(CN(c3ccccc3)S(C)(=O)=O)cc2)c1C. The minimum absolute atomic E-state index is 0.144. The summed E-state index contributed by atoms with van der Waals surface area (Å²) in [6.07, 6.45) is 1.16. The fraction of sp³-hybridized carbons (Fsp3) is 0.167. The average molecular weight is 453 g/mol. The largest absolute Gasteiger partial charge is 0.465 e. The summed E-state index contributed by atoms with van der Waals surface area (Å²) in [7, 11) is -2.18. The van der Waals surface area contributed by atoms with Gasteiger partial charge in [-0.05, 0) is 54.4 Å². The first-order valence-electron chi connectivity index (χ1n) is 9.81. The molecule has 0 heterocycles. The predicted octanol–water partition coefficient (Wildman–Crippen LogP) is 4.00. The van der Waals surface area contributed by atoms with E-state index in [1.807, 2.05) is 6.07 Å². The molecule has 3 aromatic rings. The zero-order valence-corrected chi connectivity index (χ0v) is 18.8. The zero-order valence-electron chi connectivity index (χ0n) is 18.0. The van der Waals surface area contributed by atoms with Gasteiger partial charge in [0.15, 0.2) is 0 Å². The number of methoxy groups -OCH3 is 1. The average Bonchev–Trinajstić information content (AvgIpc) is 2.78. The molecule has 1 N–H and O–H groups in total. The molecule has 7 nitrogen and oxygen atoms in total. The summed E-state index contributed by atoms with van der Waals surface area (Å²) >= 11 is 0. The molecule has 0 fully saturated rings. The van der Waals surface area contributed by atoms with Crippen molar-refractivity contribution in [3.05, 3.63) is 95.1 Å². The summed E-state index contributed by atoms with van der Waals surface area (Å²) in [6.45, 7) is 1.87. The molecule has 0 spiro atoms. The first-order chi connectivity index (χ1) is 15.2. The third-order valence-electron chi connectivity index (χ3n) is 4.97. The Balaban J connectivity index is 1.77. The maximum atomic E-state index is 12.7. The van der Waals surface area contributed by atoms with Gasteiger partial charge >= 0.3 is 5.97 Å². The molecular weight excluding hydrogens is 428 g/mol. The number of benzene rings is 3. The van der Waals surface area contributed by atoms with Crippen LogP contribution >= 0.6 is 0 Å². The quantitative estimate of drug-likeness (QED) is 0.547. The molecule has 0 aliphatic heterocycles. The Kier molecular flexibility index (Phi) is 6.95. The molecule has 0 saturated heterocycles. The molecule has 32 heavy (non-hydrogen) atoms. The summed E-state index contributed by atoms with van der Waals surface area (Å²) in [5.74, 6) is -0.818. The Morgan fingerprint density at radius 1 is 0.938 bits per heavy atom. The van der Waals surface area contributed by atoms with Gasteiger partial charge in [-0.25, -0.2) is 13.2 Å². The number of anilines is 2. The topological polar surface area (TPSA) is 92.8 Å². The lowest BCUT2D eigenvalue weighted by Gasteiger charge is -2.22. The van der Waals surface area contributed by atoms with E-state index < -0.39 is 16.0 Å². The van der Waals surface area contributed by atoms with E-state index in [0.29, 0.717) is 28.1 Å². The highest BCUT2D eigenvalue weighted by Crippen LogP contribution is 2.22. The molecule has 8 heteroatoms. The zero-order chi connectivity index (χ0) is 23.3. The normalized spacial score (nSPS) is 11.0. The maximum Gasteiger partial charge on any atom is 0.338 e. The second-order valence-corrected chi connectivity index (χ2v) is 9.13. The lowest BCUT2D eigenvalue weighted by Crippen LogP contribution is -2.29. The number of carbonyl (C=O) groups is 2. The smallest absolute Gasteiger partial charge is 0.338 e. The third kappa shape index (κ3) is 5.33. The highest BCUT2D eigenvalue weighted by molar-refractivity contribution is 7.92. The number of ether oxygens (including phenoxy) is 1. The maximum absolute atomic E-state index is 12.7. The number of hydrogen-bond acceptors (Lipinski definition) is 5. The molecule has 166 valence electrons. The fourth-order valence-electron chi connectivity index (χ4n) is 3.22. The van der Waals surface area contributed by atoms with E-state index >= 15 is 0 Å². The van der Waals surface area contributed by atoms with Gasteiger partial charge in [-0.3, -0.25) is 9.10 Å². The molecule has 1 amide bonds. The number of para-hydroxylation sites is 1. The molecule has 0 unspecified atom stereocenters. The summed E-state index contributed by atoms with van der Waals surface area (Å²) in [5.41, 5.74) is 3.20. The van der Waals surface area contributed by atoms with Gasteiger partial charge in [-0.15, -0.1) is 0 Å². The predicted molar refractivity (Wildman–Crippen MR) is 124 cm³/mol. The number of esters is 1. The van der Waals surface area contributed by atoms with Gasteiger partial charge in [0.05, 0.1) is 31.2 Å². The van der Waals surface area contributed by atoms with Crippen LogP contribution in [0.5, 0.6) is 0 Å². The van der Waals surface area contributed by atoms with E-state index in [2.05, 4.69) is 5.32 Å². The Labute approximate surface area is 187 Å². The van der Waals surface area contributed by atoms with Crippen LogP contribution in [-0.2, 0) is 21.3 Å². The van der Waals surface area contributed by atoms with Crippen LogP contribution in [0.1, 0.15) is 31.8 Å². The lowest BCUT2D eigenvalue weighted by atomic mass is 10.1. The van der Waals surface area contributed by atoms with Gasteiger partial charge < -0.3 is 10.1 Å². The van der Waals surface area contributed by atoms with Gasteiger partial charge in [0.2, 0.25) is 10.0 Å². The van der Waals surface area contributed by atoms with E-state index in [4.69, 9.17) is 4.74 Å². The number of rotatable bonds is 7. The molecule has 0 saturated carbocycles. The molecule has 0 bridgehead atoms. The fourth-order valence-corrected chi connectivity index (χ4v) is 4.11. The van der Waals surface area contributed by atoms with Crippen molar-refractivity contribution in [1.29, 1.82) is 0 Å². The highest BCUT2D eigenvalue weighted by Gasteiger charge is 2.18. The minimum Gasteiger partial charge on any atom is -0.465 e. The third-order valence-corrected chi connectivity index (χ3v) is 6.11. The van der Waals surface area contributed by atoms with Crippen LogP contribution in [0.2, 0.25) is 0 Å². The molecule has 0 aromatic heterocycles. The number of nitrogens with one attached hydrogen (secondary N) is 1. The van der Waals surface area contributed by atoms with Crippen molar-refractivity contribution in [2.45, 2.75) is 13.5 Å². The van der Waals surface area contributed by atoms with Crippen LogP contribution in [0.25, 0.3) is 0 Å². The molecule has 0 atom stereocenters. The van der Waals surface area contributed by atoms with Crippen LogP contribution in [0, 0.1) is 6.92 Å². The van der Waals surface area contributed by atoms with Crippen molar-refractivity contribution in [2.75, 3.05) is 23.0 Å². The summed E-state index contributed by atoms with van der Waals surface area (Å²) in [5, 5.41) is 2.80. The van der Waals surface area contributed by atoms with Crippen molar-refractivity contribution in [3.8, 4) is 0 Å². The molecule has 3 aromatic carbocycles. The number of nitrogens with zero attached hydrogens (tertiary/aromatic N) is 1. The van der Waals surface area contributed by atoms with Gasteiger partial charge in [-0.2, -0.15) is 0 Å². The summed E-state index contributed by atoms with van der Waals surface area (Å²) < 4.78 is 30.6. The van der Waals surface area contributed by atoms with E-state index in [1.54, 1.807) is 73.7 Å². The van der Waals surface area contributed by atoms with Gasteiger partial charge in [-0.1, -0.05) is 36.4 Å². The van der Waals surface area contributed by atoms with Gasteiger partial charge in [0.1, 0.15) is 0 Å². The second kappa shape index (κ2) is 9.65.